The molecular formula is C15H24N4O5. The van der Waals surface area contributed by atoms with Crippen LogP contribution in [0, 0.1) is 31.6 Å². The number of nitrogens with zero attached hydrogens (tertiary/aromatic N) is 2. The van der Waals surface area contributed by atoms with Crippen LogP contribution in [0.1, 0.15) is 20.8 Å². The molecule has 1 atom stereocenters. The number of hydrogen-bond donors (Lipinski definition) is 2. The third kappa shape index (κ3) is 6.09. The lowest BCUT2D eigenvalue weighted by atomic mass is 9.94. The molecule has 0 aliphatic rings. The van der Waals surface area contributed by atoms with Crippen LogP contribution in [0.25, 0.3) is 0 Å². The number of rotatable bonds is 10. The molecule has 0 saturated carbocycles. The molecular weight excluding hydrogens is 316 g/mol. The molecule has 1 aromatic rings. The van der Waals surface area contributed by atoms with Crippen molar-refractivity contribution in [3.05, 3.63) is 38.4 Å². The molecule has 0 radical (unpaired) electrons. The van der Waals surface area contributed by atoms with Gasteiger partial charge in [0, 0.05) is 18.0 Å². The summed E-state index contributed by atoms with van der Waals surface area (Å²) in [5.74, 6) is 0.268. The fourth-order valence-corrected chi connectivity index (χ4v) is 1.92. The Balaban J connectivity index is 2.71. The molecule has 1 unspecified atom stereocenters. The monoisotopic (exact) mass is 340 g/mol. The quantitative estimate of drug-likeness (QED) is 0.493. The minimum atomic E-state index is -0.660. The molecule has 0 aromatic heterocycles. The average Bonchev–Trinajstić information content (AvgIpc) is 2.52. The van der Waals surface area contributed by atoms with Gasteiger partial charge in [-0.05, 0) is 18.5 Å². The Bertz CT molecular complexity index is 591. The van der Waals surface area contributed by atoms with E-state index in [4.69, 9.17) is 10.5 Å². The maximum absolute atomic E-state index is 11.1. The Labute approximate surface area is 140 Å². The second-order valence-corrected chi connectivity index (χ2v) is 6.59. The zero-order valence-corrected chi connectivity index (χ0v) is 14.2. The van der Waals surface area contributed by atoms with E-state index >= 15 is 0 Å². The van der Waals surface area contributed by atoms with Gasteiger partial charge in [-0.15, -0.1) is 0 Å². The smallest absolute Gasteiger partial charge is 0.299 e. The van der Waals surface area contributed by atoms with Crippen LogP contribution in [-0.4, -0.2) is 36.1 Å². The Kier molecular flexibility index (Phi) is 7.05. The number of anilines is 1. The third-order valence-corrected chi connectivity index (χ3v) is 3.44. The largest absolute Gasteiger partial charge is 0.380 e. The van der Waals surface area contributed by atoms with Gasteiger partial charge in [-0.3, -0.25) is 20.2 Å². The Morgan fingerprint density at radius 3 is 2.50 bits per heavy atom. The number of nitrogens with two attached hydrogens (primary N) is 1. The van der Waals surface area contributed by atoms with Crippen molar-refractivity contribution in [2.75, 3.05) is 31.6 Å². The Hall–Kier alpha value is -2.26. The highest BCUT2D eigenvalue weighted by atomic mass is 16.6. The van der Waals surface area contributed by atoms with Gasteiger partial charge >= 0.3 is 0 Å². The first-order valence-corrected chi connectivity index (χ1v) is 7.61. The van der Waals surface area contributed by atoms with Crippen LogP contribution in [0.5, 0.6) is 0 Å². The van der Waals surface area contributed by atoms with E-state index in [1.165, 1.54) is 12.1 Å². The van der Waals surface area contributed by atoms with Crippen LogP contribution in [0.3, 0.4) is 0 Å². The van der Waals surface area contributed by atoms with Crippen molar-refractivity contribution in [2.45, 2.75) is 20.8 Å². The first kappa shape index (κ1) is 19.8. The summed E-state index contributed by atoms with van der Waals surface area (Å²) < 4.78 is 5.62. The molecule has 0 aliphatic carbocycles. The van der Waals surface area contributed by atoms with Crippen LogP contribution >= 0.6 is 0 Å². The molecule has 0 heterocycles. The molecule has 134 valence electrons. The lowest BCUT2D eigenvalue weighted by molar-refractivity contribution is -0.393. The normalized spacial score (nSPS) is 12.7. The van der Waals surface area contributed by atoms with Crippen molar-refractivity contribution in [1.82, 2.24) is 0 Å². The number of nitro benzene ring substituents is 2. The van der Waals surface area contributed by atoms with Crippen molar-refractivity contribution < 1.29 is 14.6 Å². The number of nitro groups is 2. The molecule has 1 rings (SSSR count). The molecule has 9 heteroatoms. The van der Waals surface area contributed by atoms with Crippen molar-refractivity contribution in [2.24, 2.45) is 17.1 Å². The summed E-state index contributed by atoms with van der Waals surface area (Å²) in [4.78, 5) is 20.6. The maximum Gasteiger partial charge on any atom is 0.299 e. The molecule has 1 aromatic carbocycles. The number of ether oxygens (including phenoxy) is 1. The van der Waals surface area contributed by atoms with Crippen LogP contribution in [0.2, 0.25) is 0 Å². The molecule has 0 bridgehead atoms. The van der Waals surface area contributed by atoms with E-state index in [0.29, 0.717) is 26.3 Å². The van der Waals surface area contributed by atoms with E-state index in [-0.39, 0.29) is 28.4 Å². The van der Waals surface area contributed by atoms with Crippen molar-refractivity contribution in [3.63, 3.8) is 0 Å². The zero-order valence-electron chi connectivity index (χ0n) is 14.2. The predicted molar refractivity (Wildman–Crippen MR) is 91.1 cm³/mol. The highest BCUT2D eigenvalue weighted by molar-refractivity contribution is 5.65. The number of non-ortho nitro benzene ring substituents is 1. The third-order valence-electron chi connectivity index (χ3n) is 3.44. The average molecular weight is 340 g/mol. The van der Waals surface area contributed by atoms with Crippen LogP contribution in [-0.2, 0) is 4.74 Å². The maximum atomic E-state index is 11.1. The second-order valence-electron chi connectivity index (χ2n) is 6.59. The van der Waals surface area contributed by atoms with Gasteiger partial charge < -0.3 is 15.8 Å². The highest BCUT2D eigenvalue weighted by Crippen LogP contribution is 2.30. The summed E-state index contributed by atoms with van der Waals surface area (Å²) >= 11 is 0. The van der Waals surface area contributed by atoms with Crippen molar-refractivity contribution in [3.8, 4) is 0 Å². The van der Waals surface area contributed by atoms with Gasteiger partial charge in [0.1, 0.15) is 5.69 Å². The van der Waals surface area contributed by atoms with Crippen LogP contribution < -0.4 is 11.1 Å². The van der Waals surface area contributed by atoms with Gasteiger partial charge in [0.2, 0.25) is 0 Å². The van der Waals surface area contributed by atoms with E-state index in [9.17, 15) is 20.2 Å². The van der Waals surface area contributed by atoms with E-state index in [0.717, 1.165) is 6.07 Å². The fraction of sp³-hybridized carbons (Fsp3) is 0.600. The van der Waals surface area contributed by atoms with Gasteiger partial charge in [-0.1, -0.05) is 20.8 Å². The standard InChI is InChI=1S/C15H24N4O5/c1-11(7-16)8-24-10-15(2,3)9-17-13-5-4-12(18(20)21)6-14(13)19(22)23/h4-6,11,17H,7-10,16H2,1-3H3. The van der Waals surface area contributed by atoms with Gasteiger partial charge in [-0.25, -0.2) is 0 Å². The lowest BCUT2D eigenvalue weighted by Crippen LogP contribution is -2.30. The lowest BCUT2D eigenvalue weighted by Gasteiger charge is -2.26. The second kappa shape index (κ2) is 8.55. The van der Waals surface area contributed by atoms with Crippen molar-refractivity contribution in [1.29, 1.82) is 0 Å². The number of hydrogen-bond acceptors (Lipinski definition) is 7. The summed E-state index contributed by atoms with van der Waals surface area (Å²) in [6.45, 7) is 7.90. The summed E-state index contributed by atoms with van der Waals surface area (Å²) in [5, 5.41) is 24.8. The SMILES string of the molecule is CC(CN)COCC(C)(C)CNc1ccc([N+](=O)[O-])cc1[N+](=O)[O-]. The molecule has 0 amide bonds. The highest BCUT2D eigenvalue weighted by Gasteiger charge is 2.23. The molecule has 3 N–H and O–H groups in total. The topological polar surface area (TPSA) is 134 Å². The Morgan fingerprint density at radius 2 is 1.96 bits per heavy atom. The van der Waals surface area contributed by atoms with E-state index in [1.54, 1.807) is 0 Å². The molecule has 24 heavy (non-hydrogen) atoms. The first-order valence-electron chi connectivity index (χ1n) is 7.61. The first-order chi connectivity index (χ1) is 11.2. The zero-order chi connectivity index (χ0) is 18.3. The van der Waals surface area contributed by atoms with E-state index in [2.05, 4.69) is 5.32 Å². The van der Waals surface area contributed by atoms with Crippen molar-refractivity contribution >= 4 is 17.1 Å². The van der Waals surface area contributed by atoms with E-state index < -0.39 is 9.85 Å². The summed E-state index contributed by atoms with van der Waals surface area (Å²) in [6, 6.07) is 3.54. The minimum Gasteiger partial charge on any atom is -0.380 e. The van der Waals surface area contributed by atoms with Gasteiger partial charge in [-0.2, -0.15) is 0 Å². The predicted octanol–water partition coefficient (Wildman–Crippen LogP) is 2.55. The molecule has 0 saturated heterocycles. The molecule has 0 spiro atoms. The summed E-state index contributed by atoms with van der Waals surface area (Å²) in [5.41, 5.74) is 4.87. The molecule has 0 aliphatic heterocycles. The molecule has 0 fully saturated rings. The van der Waals surface area contributed by atoms with Gasteiger partial charge in [0.15, 0.2) is 0 Å². The van der Waals surface area contributed by atoms with Gasteiger partial charge in [0.05, 0.1) is 29.1 Å². The Morgan fingerprint density at radius 1 is 1.29 bits per heavy atom. The summed E-state index contributed by atoms with van der Waals surface area (Å²) in [6.07, 6.45) is 0. The molecule has 9 nitrogen and oxygen atoms in total. The van der Waals surface area contributed by atoms with Crippen LogP contribution in [0.15, 0.2) is 18.2 Å². The van der Waals surface area contributed by atoms with Gasteiger partial charge in [0.25, 0.3) is 11.4 Å². The fourth-order valence-electron chi connectivity index (χ4n) is 1.92. The minimum absolute atomic E-state index is 0.244. The number of nitrogens with one attached hydrogen (secondary N) is 1. The summed E-state index contributed by atoms with van der Waals surface area (Å²) in [7, 11) is 0. The number of benzene rings is 1. The van der Waals surface area contributed by atoms with E-state index in [1.807, 2.05) is 20.8 Å². The van der Waals surface area contributed by atoms with Crippen LogP contribution in [0.4, 0.5) is 17.1 Å².